The van der Waals surface area contributed by atoms with Crippen LogP contribution in [-0.4, -0.2) is 31.1 Å². The summed E-state index contributed by atoms with van der Waals surface area (Å²) < 4.78 is 5.49. The van der Waals surface area contributed by atoms with E-state index in [4.69, 9.17) is 16.3 Å². The summed E-state index contributed by atoms with van der Waals surface area (Å²) >= 11 is 7.87. The molecule has 1 N–H and O–H groups in total. The Morgan fingerprint density at radius 2 is 2.15 bits per heavy atom. The van der Waals surface area contributed by atoms with Gasteiger partial charge in [0.05, 0.1) is 5.60 Å². The van der Waals surface area contributed by atoms with Crippen molar-refractivity contribution in [3.8, 4) is 0 Å². The third-order valence-corrected chi connectivity index (χ3v) is 4.78. The van der Waals surface area contributed by atoms with E-state index in [9.17, 15) is 0 Å². The molecule has 0 aliphatic heterocycles. The van der Waals surface area contributed by atoms with E-state index >= 15 is 0 Å². The summed E-state index contributed by atoms with van der Waals surface area (Å²) in [5, 5.41) is 4.36. The Hall–Kier alpha value is -0.220. The van der Waals surface area contributed by atoms with Crippen molar-refractivity contribution >= 4 is 23.4 Å². The molecular formula is C16H26ClNOS. The minimum absolute atomic E-state index is 0.0472. The molecule has 1 aromatic rings. The highest BCUT2D eigenvalue weighted by molar-refractivity contribution is 7.99. The molecule has 0 aromatic heterocycles. The number of rotatable bonds is 9. The standard InChI is InChI=1S/C16H26ClNOS/c1-5-18-14(9-10-16(2,3)19-4)12-20-15-8-6-7-13(17)11-15/h6-8,11,14,18H,5,9-10,12H2,1-4H3. The highest BCUT2D eigenvalue weighted by atomic mass is 35.5. The number of ether oxygens (including phenoxy) is 1. The lowest BCUT2D eigenvalue weighted by molar-refractivity contribution is 0.0122. The van der Waals surface area contributed by atoms with Crippen LogP contribution in [0.15, 0.2) is 29.2 Å². The molecule has 0 aliphatic carbocycles. The first-order valence-electron chi connectivity index (χ1n) is 7.13. The van der Waals surface area contributed by atoms with Crippen molar-refractivity contribution in [2.75, 3.05) is 19.4 Å². The molecule has 0 saturated heterocycles. The van der Waals surface area contributed by atoms with Crippen molar-refractivity contribution in [2.24, 2.45) is 0 Å². The molecule has 0 heterocycles. The average Bonchev–Trinajstić information content (AvgIpc) is 2.42. The lowest BCUT2D eigenvalue weighted by Gasteiger charge is -2.26. The quantitative estimate of drug-likeness (QED) is 0.672. The molecule has 1 atom stereocenters. The minimum atomic E-state index is -0.0472. The van der Waals surface area contributed by atoms with Gasteiger partial charge in [0.15, 0.2) is 0 Å². The number of nitrogens with one attached hydrogen (secondary N) is 1. The van der Waals surface area contributed by atoms with Gasteiger partial charge in [-0.2, -0.15) is 0 Å². The number of thioether (sulfide) groups is 1. The van der Waals surface area contributed by atoms with Crippen LogP contribution in [0.1, 0.15) is 33.6 Å². The van der Waals surface area contributed by atoms with Crippen LogP contribution in [0.25, 0.3) is 0 Å². The van der Waals surface area contributed by atoms with Crippen molar-refractivity contribution in [1.29, 1.82) is 0 Å². The van der Waals surface area contributed by atoms with Crippen molar-refractivity contribution < 1.29 is 4.74 Å². The van der Waals surface area contributed by atoms with E-state index in [1.54, 1.807) is 7.11 Å². The van der Waals surface area contributed by atoms with Gasteiger partial charge in [-0.15, -0.1) is 11.8 Å². The molecule has 0 fully saturated rings. The first-order chi connectivity index (χ1) is 9.46. The number of hydrogen-bond acceptors (Lipinski definition) is 3. The van der Waals surface area contributed by atoms with Gasteiger partial charge in [0.25, 0.3) is 0 Å². The Morgan fingerprint density at radius 1 is 1.40 bits per heavy atom. The summed E-state index contributed by atoms with van der Waals surface area (Å²) in [7, 11) is 1.78. The smallest absolute Gasteiger partial charge is 0.0623 e. The Bertz CT molecular complexity index is 398. The molecule has 114 valence electrons. The van der Waals surface area contributed by atoms with Gasteiger partial charge in [-0.3, -0.25) is 0 Å². The van der Waals surface area contributed by atoms with Crippen molar-refractivity contribution in [1.82, 2.24) is 5.32 Å². The Balaban J connectivity index is 2.46. The van der Waals surface area contributed by atoms with Crippen LogP contribution in [-0.2, 0) is 4.74 Å². The van der Waals surface area contributed by atoms with E-state index in [-0.39, 0.29) is 5.60 Å². The maximum Gasteiger partial charge on any atom is 0.0623 e. The number of hydrogen-bond donors (Lipinski definition) is 1. The highest BCUT2D eigenvalue weighted by Gasteiger charge is 2.19. The fourth-order valence-electron chi connectivity index (χ4n) is 1.91. The largest absolute Gasteiger partial charge is 0.379 e. The van der Waals surface area contributed by atoms with E-state index < -0.39 is 0 Å². The Morgan fingerprint density at radius 3 is 2.75 bits per heavy atom. The van der Waals surface area contributed by atoms with Crippen LogP contribution < -0.4 is 5.32 Å². The second-order valence-corrected chi connectivity index (χ2v) is 7.06. The van der Waals surface area contributed by atoms with Gasteiger partial charge in [0.2, 0.25) is 0 Å². The molecule has 1 rings (SSSR count). The molecule has 0 radical (unpaired) electrons. The van der Waals surface area contributed by atoms with Gasteiger partial charge in [0.1, 0.15) is 0 Å². The van der Waals surface area contributed by atoms with Crippen LogP contribution in [0, 0.1) is 0 Å². The van der Waals surface area contributed by atoms with Gasteiger partial charge >= 0.3 is 0 Å². The maximum absolute atomic E-state index is 6.02. The summed E-state index contributed by atoms with van der Waals surface area (Å²) in [6.45, 7) is 7.42. The molecular weight excluding hydrogens is 290 g/mol. The van der Waals surface area contributed by atoms with E-state index in [0.717, 1.165) is 30.2 Å². The SMILES string of the molecule is CCNC(CCC(C)(C)OC)CSc1cccc(Cl)c1. The van der Waals surface area contributed by atoms with E-state index in [2.05, 4.69) is 32.2 Å². The van der Waals surface area contributed by atoms with E-state index in [1.165, 1.54) is 4.90 Å². The molecule has 0 spiro atoms. The molecule has 4 heteroatoms. The molecule has 0 saturated carbocycles. The second-order valence-electron chi connectivity index (χ2n) is 5.53. The lowest BCUT2D eigenvalue weighted by atomic mass is 9.99. The van der Waals surface area contributed by atoms with Crippen LogP contribution in [0.4, 0.5) is 0 Å². The van der Waals surface area contributed by atoms with Gasteiger partial charge in [-0.1, -0.05) is 24.6 Å². The summed E-state index contributed by atoms with van der Waals surface area (Å²) in [6, 6.07) is 8.54. The zero-order valence-corrected chi connectivity index (χ0v) is 14.5. The molecule has 1 unspecified atom stereocenters. The van der Waals surface area contributed by atoms with E-state index in [0.29, 0.717) is 6.04 Å². The third kappa shape index (κ3) is 6.98. The number of methoxy groups -OCH3 is 1. The Kier molecular flexibility index (Phi) is 7.96. The Labute approximate surface area is 132 Å². The summed E-state index contributed by atoms with van der Waals surface area (Å²) in [5.74, 6) is 1.05. The first-order valence-corrected chi connectivity index (χ1v) is 8.50. The number of halogens is 1. The van der Waals surface area contributed by atoms with Gasteiger partial charge in [0, 0.05) is 28.8 Å². The summed E-state index contributed by atoms with van der Waals surface area (Å²) in [6.07, 6.45) is 2.17. The van der Waals surface area contributed by atoms with Crippen molar-refractivity contribution in [3.05, 3.63) is 29.3 Å². The molecule has 0 amide bonds. The zero-order chi connectivity index (χ0) is 15.0. The normalized spacial score (nSPS) is 13.4. The van der Waals surface area contributed by atoms with Gasteiger partial charge < -0.3 is 10.1 Å². The topological polar surface area (TPSA) is 21.3 Å². The van der Waals surface area contributed by atoms with Crippen molar-refractivity contribution in [3.63, 3.8) is 0 Å². The lowest BCUT2D eigenvalue weighted by Crippen LogP contribution is -2.34. The highest BCUT2D eigenvalue weighted by Crippen LogP contribution is 2.24. The predicted octanol–water partition coefficient (Wildman–Crippen LogP) is 4.62. The van der Waals surface area contributed by atoms with Crippen LogP contribution in [0.3, 0.4) is 0 Å². The minimum Gasteiger partial charge on any atom is -0.379 e. The predicted molar refractivity (Wildman–Crippen MR) is 90.0 cm³/mol. The average molecular weight is 316 g/mol. The summed E-state index contributed by atoms with van der Waals surface area (Å²) in [4.78, 5) is 1.23. The molecule has 0 aliphatic rings. The zero-order valence-electron chi connectivity index (χ0n) is 12.9. The number of benzene rings is 1. The fourth-order valence-corrected chi connectivity index (χ4v) is 3.23. The molecule has 20 heavy (non-hydrogen) atoms. The maximum atomic E-state index is 6.02. The summed E-state index contributed by atoms with van der Waals surface area (Å²) in [5.41, 5.74) is -0.0472. The second kappa shape index (κ2) is 8.93. The molecule has 2 nitrogen and oxygen atoms in total. The molecule has 0 bridgehead atoms. The third-order valence-electron chi connectivity index (χ3n) is 3.39. The first kappa shape index (κ1) is 17.8. The molecule has 1 aromatic carbocycles. The monoisotopic (exact) mass is 315 g/mol. The fraction of sp³-hybridized carbons (Fsp3) is 0.625. The van der Waals surface area contributed by atoms with Crippen LogP contribution >= 0.6 is 23.4 Å². The van der Waals surface area contributed by atoms with Crippen LogP contribution in [0.5, 0.6) is 0 Å². The van der Waals surface area contributed by atoms with Gasteiger partial charge in [-0.25, -0.2) is 0 Å². The van der Waals surface area contributed by atoms with Crippen LogP contribution in [0.2, 0.25) is 5.02 Å². The van der Waals surface area contributed by atoms with Gasteiger partial charge in [-0.05, 0) is 51.4 Å². The van der Waals surface area contributed by atoms with Crippen molar-refractivity contribution in [2.45, 2.75) is 50.2 Å². The van der Waals surface area contributed by atoms with E-state index in [1.807, 2.05) is 30.0 Å².